The summed E-state index contributed by atoms with van der Waals surface area (Å²) in [6.45, 7) is 6.88. The lowest BCUT2D eigenvalue weighted by molar-refractivity contribution is 0.186. The van der Waals surface area contributed by atoms with Gasteiger partial charge in [-0.05, 0) is 42.6 Å². The highest BCUT2D eigenvalue weighted by molar-refractivity contribution is 5.19. The first-order valence-corrected chi connectivity index (χ1v) is 7.13. The molecule has 0 aromatic heterocycles. The molecule has 0 amide bonds. The van der Waals surface area contributed by atoms with Crippen LogP contribution in [0, 0.1) is 23.2 Å². The Balaban J connectivity index is 2.15. The van der Waals surface area contributed by atoms with Gasteiger partial charge < -0.3 is 0 Å². The number of allylic oxidation sites excluding steroid dienone is 4. The predicted octanol–water partition coefficient (Wildman–Crippen LogP) is 5.27. The van der Waals surface area contributed by atoms with Gasteiger partial charge in [-0.1, -0.05) is 45.8 Å². The summed E-state index contributed by atoms with van der Waals surface area (Å²) < 4.78 is 14.0. The Morgan fingerprint density at radius 3 is 2.29 bits per heavy atom. The molecule has 0 nitrogen and oxygen atoms in total. The van der Waals surface area contributed by atoms with Crippen molar-refractivity contribution < 1.29 is 4.39 Å². The van der Waals surface area contributed by atoms with Crippen LogP contribution in [0.15, 0.2) is 24.1 Å². The van der Waals surface area contributed by atoms with Gasteiger partial charge in [0.05, 0.1) is 0 Å². The Morgan fingerprint density at radius 2 is 1.82 bits per heavy atom. The van der Waals surface area contributed by atoms with Crippen LogP contribution in [-0.2, 0) is 0 Å². The van der Waals surface area contributed by atoms with E-state index in [1.165, 1.54) is 25.7 Å². The van der Waals surface area contributed by atoms with Gasteiger partial charge in [0, 0.05) is 5.92 Å². The topological polar surface area (TPSA) is 0 Å². The first kappa shape index (κ1) is 12.9. The van der Waals surface area contributed by atoms with Gasteiger partial charge in [0.2, 0.25) is 0 Å². The van der Waals surface area contributed by atoms with Gasteiger partial charge in [-0.3, -0.25) is 0 Å². The van der Waals surface area contributed by atoms with Crippen molar-refractivity contribution in [2.75, 3.05) is 0 Å². The standard InChI is InChI=1S/C16H25F/c1-4-12-10-16(3,11-13(12)5-2)14-8-6-7-9-15(14)17/h6-7,9,12-14H,4-5,8,10-11H2,1-3H3. The van der Waals surface area contributed by atoms with E-state index >= 15 is 0 Å². The number of hydrogen-bond donors (Lipinski definition) is 0. The van der Waals surface area contributed by atoms with Crippen molar-refractivity contribution in [3.05, 3.63) is 24.1 Å². The third kappa shape index (κ3) is 2.34. The molecule has 0 aliphatic heterocycles. The number of rotatable bonds is 3. The molecule has 0 aromatic carbocycles. The summed E-state index contributed by atoms with van der Waals surface area (Å²) in [7, 11) is 0. The largest absolute Gasteiger partial charge is 0.211 e. The average molecular weight is 236 g/mol. The number of hydrogen-bond acceptors (Lipinski definition) is 0. The molecule has 2 aliphatic carbocycles. The highest BCUT2D eigenvalue weighted by Crippen LogP contribution is 2.55. The summed E-state index contributed by atoms with van der Waals surface area (Å²) >= 11 is 0. The fraction of sp³-hybridized carbons (Fsp3) is 0.750. The van der Waals surface area contributed by atoms with E-state index in [0.29, 0.717) is 0 Å². The average Bonchev–Trinajstić information content (AvgIpc) is 2.67. The maximum absolute atomic E-state index is 14.0. The summed E-state index contributed by atoms with van der Waals surface area (Å²) in [6, 6.07) is 0. The Bertz CT molecular complexity index is 314. The van der Waals surface area contributed by atoms with E-state index in [2.05, 4.69) is 26.8 Å². The predicted molar refractivity (Wildman–Crippen MR) is 71.3 cm³/mol. The van der Waals surface area contributed by atoms with Gasteiger partial charge in [0.25, 0.3) is 0 Å². The van der Waals surface area contributed by atoms with Gasteiger partial charge in [0.15, 0.2) is 0 Å². The Hall–Kier alpha value is -0.590. The summed E-state index contributed by atoms with van der Waals surface area (Å²) in [5.74, 6) is 1.87. The maximum Gasteiger partial charge on any atom is 0.104 e. The Labute approximate surface area is 105 Å². The minimum atomic E-state index is 0.113. The minimum absolute atomic E-state index is 0.113. The van der Waals surface area contributed by atoms with E-state index in [0.717, 1.165) is 18.3 Å². The van der Waals surface area contributed by atoms with E-state index in [9.17, 15) is 4.39 Å². The molecule has 0 N–H and O–H groups in total. The van der Waals surface area contributed by atoms with E-state index in [4.69, 9.17) is 0 Å². The molecule has 1 heteroatoms. The highest BCUT2D eigenvalue weighted by atomic mass is 19.1. The Morgan fingerprint density at radius 1 is 1.24 bits per heavy atom. The lowest BCUT2D eigenvalue weighted by atomic mass is 9.71. The maximum atomic E-state index is 14.0. The summed E-state index contributed by atoms with van der Waals surface area (Å²) in [5.41, 5.74) is 0.187. The van der Waals surface area contributed by atoms with Gasteiger partial charge in [-0.15, -0.1) is 0 Å². The SMILES string of the molecule is CCC1CC(C)(C2CC=CC=C2F)CC1CC. The molecular formula is C16H25F. The van der Waals surface area contributed by atoms with E-state index < -0.39 is 0 Å². The van der Waals surface area contributed by atoms with Crippen molar-refractivity contribution in [1.29, 1.82) is 0 Å². The van der Waals surface area contributed by atoms with Crippen LogP contribution in [-0.4, -0.2) is 0 Å². The molecule has 96 valence electrons. The van der Waals surface area contributed by atoms with Crippen LogP contribution >= 0.6 is 0 Å². The van der Waals surface area contributed by atoms with Crippen LogP contribution in [0.5, 0.6) is 0 Å². The summed E-state index contributed by atoms with van der Waals surface area (Å²) in [5, 5.41) is 0. The quantitative estimate of drug-likeness (QED) is 0.626. The zero-order valence-corrected chi connectivity index (χ0v) is 11.4. The molecule has 2 rings (SSSR count). The second-order valence-electron chi connectivity index (χ2n) is 6.17. The second kappa shape index (κ2) is 4.96. The second-order valence-corrected chi connectivity index (χ2v) is 6.17. The summed E-state index contributed by atoms with van der Waals surface area (Å²) in [6.07, 6.45) is 11.5. The van der Waals surface area contributed by atoms with Crippen molar-refractivity contribution in [3.8, 4) is 0 Å². The van der Waals surface area contributed by atoms with Crippen LogP contribution in [0.4, 0.5) is 4.39 Å². The fourth-order valence-electron chi connectivity index (χ4n) is 4.08. The van der Waals surface area contributed by atoms with Crippen molar-refractivity contribution >= 4 is 0 Å². The van der Waals surface area contributed by atoms with Crippen LogP contribution < -0.4 is 0 Å². The lowest BCUT2D eigenvalue weighted by Crippen LogP contribution is -2.26. The van der Waals surface area contributed by atoms with Gasteiger partial charge in [-0.25, -0.2) is 4.39 Å². The van der Waals surface area contributed by atoms with Gasteiger partial charge in [-0.2, -0.15) is 0 Å². The molecule has 0 spiro atoms. The third-order valence-corrected chi connectivity index (χ3v) is 5.11. The zero-order valence-electron chi connectivity index (χ0n) is 11.4. The van der Waals surface area contributed by atoms with Crippen molar-refractivity contribution in [1.82, 2.24) is 0 Å². The van der Waals surface area contributed by atoms with Gasteiger partial charge >= 0.3 is 0 Å². The molecule has 0 heterocycles. The molecule has 1 fully saturated rings. The van der Waals surface area contributed by atoms with Crippen molar-refractivity contribution in [2.24, 2.45) is 23.2 Å². The van der Waals surface area contributed by atoms with E-state index in [-0.39, 0.29) is 17.2 Å². The molecule has 0 bridgehead atoms. The normalized spacial score (nSPS) is 41.6. The molecular weight excluding hydrogens is 211 g/mol. The van der Waals surface area contributed by atoms with Crippen LogP contribution in [0.3, 0.4) is 0 Å². The minimum Gasteiger partial charge on any atom is -0.211 e. The lowest BCUT2D eigenvalue weighted by Gasteiger charge is -2.34. The molecule has 3 unspecified atom stereocenters. The fourth-order valence-corrected chi connectivity index (χ4v) is 4.08. The van der Waals surface area contributed by atoms with Crippen LogP contribution in [0.25, 0.3) is 0 Å². The molecule has 2 aliphatic rings. The first-order chi connectivity index (χ1) is 8.10. The van der Waals surface area contributed by atoms with Gasteiger partial charge in [0.1, 0.15) is 5.83 Å². The smallest absolute Gasteiger partial charge is 0.104 e. The summed E-state index contributed by atoms with van der Waals surface area (Å²) in [4.78, 5) is 0. The Kier molecular flexibility index (Phi) is 3.75. The van der Waals surface area contributed by atoms with E-state index in [1.54, 1.807) is 6.08 Å². The van der Waals surface area contributed by atoms with Crippen LogP contribution in [0.2, 0.25) is 0 Å². The zero-order chi connectivity index (χ0) is 12.5. The van der Waals surface area contributed by atoms with Crippen LogP contribution in [0.1, 0.15) is 52.9 Å². The molecule has 0 radical (unpaired) electrons. The van der Waals surface area contributed by atoms with E-state index in [1.807, 2.05) is 6.08 Å². The number of halogens is 1. The highest BCUT2D eigenvalue weighted by Gasteiger charge is 2.46. The van der Waals surface area contributed by atoms with Crippen molar-refractivity contribution in [2.45, 2.75) is 52.9 Å². The third-order valence-electron chi connectivity index (χ3n) is 5.11. The first-order valence-electron chi connectivity index (χ1n) is 7.13. The van der Waals surface area contributed by atoms with Crippen molar-refractivity contribution in [3.63, 3.8) is 0 Å². The molecule has 1 saturated carbocycles. The molecule has 17 heavy (non-hydrogen) atoms. The monoisotopic (exact) mass is 236 g/mol. The molecule has 0 aromatic rings. The molecule has 3 atom stereocenters. The molecule has 0 saturated heterocycles.